The van der Waals surface area contributed by atoms with Gasteiger partial charge in [-0.2, -0.15) is 0 Å². The van der Waals surface area contributed by atoms with E-state index in [1.165, 1.54) is 5.56 Å². The Balaban J connectivity index is 0.984. The van der Waals surface area contributed by atoms with Gasteiger partial charge in [-0.05, 0) is 53.8 Å². The van der Waals surface area contributed by atoms with Crippen LogP contribution < -0.4 is 16.4 Å². The summed E-state index contributed by atoms with van der Waals surface area (Å²) in [4.78, 5) is 29.9. The van der Waals surface area contributed by atoms with Crippen molar-refractivity contribution in [1.82, 2.24) is 9.80 Å². The largest absolute Gasteiger partial charge is 0.397 e. The highest BCUT2D eigenvalue weighted by atomic mass is 16.7. The highest BCUT2D eigenvalue weighted by molar-refractivity contribution is 5.93. The molecule has 2 aliphatic heterocycles. The standard InChI is InChI=1S/C42H51N5O5/c43-37-11-7-8-12-38(37)45-41(50)14-6-2-5-13-40(49)44-35-21-19-34(20-22-35)42-51-36(27-39(52-42)33-17-15-32(30-48)16-18-33)29-47-25-23-46(24-26-47)28-31-9-3-1-4-10-31/h1,3-4,7-12,15-22,36,39,42,48H,2,5-6,13-14,23-30,43H2,(H,44,49)(H,45,50)/t36-,39+,42+/m0/s1. The Labute approximate surface area is 306 Å². The Bertz CT molecular complexity index is 1710. The van der Waals surface area contributed by atoms with Gasteiger partial charge in [0.2, 0.25) is 11.8 Å². The molecule has 0 spiro atoms. The van der Waals surface area contributed by atoms with E-state index in [4.69, 9.17) is 15.2 Å². The van der Waals surface area contributed by atoms with E-state index in [0.29, 0.717) is 42.7 Å². The number of aliphatic hydroxyl groups excluding tert-OH is 1. The van der Waals surface area contributed by atoms with Crippen molar-refractivity contribution >= 4 is 28.9 Å². The first kappa shape index (κ1) is 37.2. The van der Waals surface area contributed by atoms with Crippen LogP contribution in [-0.2, 0) is 32.2 Å². The summed E-state index contributed by atoms with van der Waals surface area (Å²) in [6.07, 6.45) is 2.92. The number of benzene rings is 4. The topological polar surface area (TPSA) is 129 Å². The minimum atomic E-state index is -0.555. The van der Waals surface area contributed by atoms with Crippen molar-refractivity contribution in [3.63, 3.8) is 0 Å². The second kappa shape index (κ2) is 18.8. The van der Waals surface area contributed by atoms with Crippen LogP contribution >= 0.6 is 0 Å². The van der Waals surface area contributed by atoms with Crippen LogP contribution in [0.5, 0.6) is 0 Å². The molecule has 0 aliphatic carbocycles. The van der Waals surface area contributed by atoms with E-state index in [-0.39, 0.29) is 30.6 Å². The number of hydrogen-bond donors (Lipinski definition) is 4. The van der Waals surface area contributed by atoms with E-state index in [1.807, 2.05) is 60.7 Å². The number of rotatable bonds is 15. The van der Waals surface area contributed by atoms with Gasteiger partial charge < -0.3 is 30.9 Å². The van der Waals surface area contributed by atoms with Gasteiger partial charge in [0.05, 0.1) is 30.2 Å². The molecular weight excluding hydrogens is 654 g/mol. The molecule has 0 bridgehead atoms. The van der Waals surface area contributed by atoms with Crippen molar-refractivity contribution in [3.8, 4) is 0 Å². The first-order chi connectivity index (χ1) is 25.4. The Morgan fingerprint density at radius 3 is 2.02 bits per heavy atom. The number of hydrogen-bond acceptors (Lipinski definition) is 8. The molecule has 2 heterocycles. The Hall–Kier alpha value is -4.58. The smallest absolute Gasteiger partial charge is 0.224 e. The fourth-order valence-corrected chi connectivity index (χ4v) is 6.81. The van der Waals surface area contributed by atoms with Gasteiger partial charge >= 0.3 is 0 Å². The Morgan fingerprint density at radius 2 is 1.33 bits per heavy atom. The number of para-hydroxylation sites is 2. The maximum absolute atomic E-state index is 12.7. The molecule has 10 heteroatoms. The summed E-state index contributed by atoms with van der Waals surface area (Å²) in [7, 11) is 0. The minimum Gasteiger partial charge on any atom is -0.397 e. The van der Waals surface area contributed by atoms with Crippen molar-refractivity contribution in [2.75, 3.05) is 49.1 Å². The van der Waals surface area contributed by atoms with E-state index in [1.54, 1.807) is 12.1 Å². The number of aliphatic hydroxyl groups is 1. The average molecular weight is 706 g/mol. The zero-order valence-electron chi connectivity index (χ0n) is 29.8. The number of nitrogen functional groups attached to an aromatic ring is 1. The maximum atomic E-state index is 12.7. The zero-order chi connectivity index (χ0) is 36.1. The number of nitrogens with one attached hydrogen (secondary N) is 2. The van der Waals surface area contributed by atoms with Crippen LogP contribution in [0.15, 0.2) is 103 Å². The molecule has 0 unspecified atom stereocenters. The molecule has 4 aromatic carbocycles. The van der Waals surface area contributed by atoms with Gasteiger partial charge in [0.1, 0.15) is 0 Å². The second-order valence-electron chi connectivity index (χ2n) is 13.8. The molecular formula is C42H51N5O5. The van der Waals surface area contributed by atoms with Crippen LogP contribution in [0.2, 0.25) is 0 Å². The van der Waals surface area contributed by atoms with Crippen molar-refractivity contribution in [3.05, 3.63) is 125 Å². The fourth-order valence-electron chi connectivity index (χ4n) is 6.81. The second-order valence-corrected chi connectivity index (χ2v) is 13.8. The van der Waals surface area contributed by atoms with Crippen molar-refractivity contribution < 1.29 is 24.2 Å². The molecule has 2 amide bonds. The molecule has 4 aromatic rings. The number of amides is 2. The highest BCUT2D eigenvalue weighted by Crippen LogP contribution is 2.38. The van der Waals surface area contributed by atoms with E-state index >= 15 is 0 Å². The molecule has 274 valence electrons. The number of nitrogens with two attached hydrogens (primary N) is 1. The van der Waals surface area contributed by atoms with Gasteiger partial charge in [0, 0.05) is 69.8 Å². The summed E-state index contributed by atoms with van der Waals surface area (Å²) in [5.41, 5.74) is 11.9. The van der Waals surface area contributed by atoms with Gasteiger partial charge in [-0.25, -0.2) is 0 Å². The van der Waals surface area contributed by atoms with Crippen LogP contribution in [0.3, 0.4) is 0 Å². The predicted octanol–water partition coefficient (Wildman–Crippen LogP) is 6.65. The molecule has 2 aliphatic rings. The number of anilines is 3. The lowest BCUT2D eigenvalue weighted by Gasteiger charge is -2.40. The minimum absolute atomic E-state index is 0.00345. The first-order valence-electron chi connectivity index (χ1n) is 18.5. The number of carbonyl (C=O) groups is 2. The number of nitrogens with zero attached hydrogens (tertiary/aromatic N) is 2. The van der Waals surface area contributed by atoms with Crippen LogP contribution in [0, 0.1) is 0 Å². The molecule has 2 saturated heterocycles. The first-order valence-corrected chi connectivity index (χ1v) is 18.5. The lowest BCUT2D eigenvalue weighted by Crippen LogP contribution is -2.49. The third kappa shape index (κ3) is 11.0. The van der Waals surface area contributed by atoms with E-state index < -0.39 is 6.29 Å². The van der Waals surface area contributed by atoms with E-state index in [9.17, 15) is 14.7 Å². The molecule has 0 saturated carbocycles. The molecule has 5 N–H and O–H groups in total. The van der Waals surface area contributed by atoms with Crippen molar-refractivity contribution in [2.24, 2.45) is 0 Å². The van der Waals surface area contributed by atoms with E-state index in [2.05, 4.69) is 50.8 Å². The number of unbranched alkanes of at least 4 members (excludes halogenated alkanes) is 2. The summed E-state index contributed by atoms with van der Waals surface area (Å²) >= 11 is 0. The van der Waals surface area contributed by atoms with Gasteiger partial charge in [-0.1, -0.05) is 85.3 Å². The Morgan fingerprint density at radius 1 is 0.692 bits per heavy atom. The fraction of sp³-hybridized carbons (Fsp3) is 0.381. The molecule has 3 atom stereocenters. The summed E-state index contributed by atoms with van der Waals surface area (Å²) in [6, 6.07) is 33.5. The van der Waals surface area contributed by atoms with Crippen LogP contribution in [-0.4, -0.2) is 65.5 Å². The summed E-state index contributed by atoms with van der Waals surface area (Å²) < 4.78 is 13.2. The van der Waals surface area contributed by atoms with Gasteiger partial charge in [0.25, 0.3) is 0 Å². The lowest BCUT2D eigenvalue weighted by atomic mass is 9.99. The predicted molar refractivity (Wildman–Crippen MR) is 204 cm³/mol. The third-order valence-electron chi connectivity index (χ3n) is 9.80. The van der Waals surface area contributed by atoms with Crippen LogP contribution in [0.25, 0.3) is 0 Å². The number of piperazine rings is 1. The van der Waals surface area contributed by atoms with Crippen LogP contribution in [0.4, 0.5) is 17.1 Å². The molecule has 2 fully saturated rings. The molecule has 10 nitrogen and oxygen atoms in total. The third-order valence-corrected chi connectivity index (χ3v) is 9.80. The van der Waals surface area contributed by atoms with Gasteiger partial charge in [-0.3, -0.25) is 19.4 Å². The summed E-state index contributed by atoms with van der Waals surface area (Å²) in [5.74, 6) is -0.141. The molecule has 0 aromatic heterocycles. The highest BCUT2D eigenvalue weighted by Gasteiger charge is 2.34. The SMILES string of the molecule is Nc1ccccc1NC(=O)CCCCCC(=O)Nc1ccc([C@@H]2O[C@H](CN3CCN(Cc4ccccc4)CC3)C[C@H](c3ccc(CO)cc3)O2)cc1. The monoisotopic (exact) mass is 705 g/mol. The molecule has 6 rings (SSSR count). The van der Waals surface area contributed by atoms with E-state index in [0.717, 1.165) is 68.8 Å². The molecule has 52 heavy (non-hydrogen) atoms. The number of ether oxygens (including phenoxy) is 2. The quantitative estimate of drug-likeness (QED) is 0.0800. The summed E-state index contributed by atoms with van der Waals surface area (Å²) in [5, 5.41) is 15.4. The Kier molecular flexibility index (Phi) is 13.4. The average Bonchev–Trinajstić information content (AvgIpc) is 3.17. The number of carbonyl (C=O) groups excluding carboxylic acids is 2. The zero-order valence-corrected chi connectivity index (χ0v) is 29.8. The van der Waals surface area contributed by atoms with Crippen LogP contribution in [0.1, 0.15) is 73.2 Å². The van der Waals surface area contributed by atoms with Crippen molar-refractivity contribution in [1.29, 1.82) is 0 Å². The normalized spacial score (nSPS) is 19.6. The lowest BCUT2D eigenvalue weighted by molar-refractivity contribution is -0.253. The molecule has 0 radical (unpaired) electrons. The van der Waals surface area contributed by atoms with Gasteiger partial charge in [-0.15, -0.1) is 0 Å². The van der Waals surface area contributed by atoms with Crippen molar-refractivity contribution in [2.45, 2.75) is 70.2 Å². The van der Waals surface area contributed by atoms with Gasteiger partial charge in [0.15, 0.2) is 6.29 Å². The summed E-state index contributed by atoms with van der Waals surface area (Å²) in [6.45, 7) is 5.81. The maximum Gasteiger partial charge on any atom is 0.224 e.